The standard InChI is InChI=1S/C20H17F2NO3/c21-20(22)9-16-15-8-14(25)7-12(5-6-23)19(15)26-18(17(16)10-20)11-1-3-13(24)4-2-11/h1-4,7-8,16-18,24-25H,5,9-10H2/t16-,17-,18-/m1/s1. The Hall–Kier alpha value is -2.81. The zero-order valence-electron chi connectivity index (χ0n) is 13.8. The summed E-state index contributed by atoms with van der Waals surface area (Å²) in [6, 6.07) is 11.3. The van der Waals surface area contributed by atoms with Crippen molar-refractivity contribution >= 4 is 0 Å². The fourth-order valence-electron chi connectivity index (χ4n) is 4.23. The third kappa shape index (κ3) is 2.74. The molecule has 134 valence electrons. The van der Waals surface area contributed by atoms with E-state index in [0.717, 1.165) is 0 Å². The van der Waals surface area contributed by atoms with E-state index in [2.05, 4.69) is 0 Å². The highest BCUT2D eigenvalue weighted by atomic mass is 19.3. The molecule has 0 bridgehead atoms. The molecule has 0 radical (unpaired) electrons. The molecule has 2 aliphatic rings. The first-order valence-corrected chi connectivity index (χ1v) is 8.44. The largest absolute Gasteiger partial charge is 0.508 e. The van der Waals surface area contributed by atoms with Gasteiger partial charge in [0.25, 0.3) is 0 Å². The zero-order chi connectivity index (χ0) is 18.5. The molecule has 0 spiro atoms. The summed E-state index contributed by atoms with van der Waals surface area (Å²) in [5.74, 6) is -3.25. The molecular formula is C20H17F2NO3. The molecule has 2 aromatic carbocycles. The van der Waals surface area contributed by atoms with Crippen LogP contribution >= 0.6 is 0 Å². The van der Waals surface area contributed by atoms with Crippen LogP contribution < -0.4 is 4.74 Å². The van der Waals surface area contributed by atoms with Crippen LogP contribution in [0.5, 0.6) is 17.2 Å². The van der Waals surface area contributed by atoms with E-state index in [-0.39, 0.29) is 30.8 Å². The minimum Gasteiger partial charge on any atom is -0.508 e. The first kappa shape index (κ1) is 16.6. The highest BCUT2D eigenvalue weighted by molar-refractivity contribution is 5.52. The van der Waals surface area contributed by atoms with Gasteiger partial charge in [-0.2, -0.15) is 5.26 Å². The summed E-state index contributed by atoms with van der Waals surface area (Å²) in [4.78, 5) is 0. The van der Waals surface area contributed by atoms with Crippen LogP contribution in [-0.4, -0.2) is 16.1 Å². The van der Waals surface area contributed by atoms with Gasteiger partial charge in [-0.1, -0.05) is 12.1 Å². The van der Waals surface area contributed by atoms with Gasteiger partial charge < -0.3 is 14.9 Å². The summed E-state index contributed by atoms with van der Waals surface area (Å²) < 4.78 is 34.6. The SMILES string of the molecule is N#CCc1cc(O)cc2c1O[C@H](c1ccc(O)cc1)[C@@H]1CC(F)(F)C[C@H]21. The van der Waals surface area contributed by atoms with E-state index >= 15 is 0 Å². The smallest absolute Gasteiger partial charge is 0.249 e. The number of rotatable bonds is 2. The van der Waals surface area contributed by atoms with Crippen molar-refractivity contribution in [3.8, 4) is 23.3 Å². The van der Waals surface area contributed by atoms with Gasteiger partial charge in [-0.15, -0.1) is 0 Å². The van der Waals surface area contributed by atoms with Gasteiger partial charge in [0.1, 0.15) is 23.4 Å². The molecule has 4 rings (SSSR count). The maximum absolute atomic E-state index is 14.2. The lowest BCUT2D eigenvalue weighted by Crippen LogP contribution is -2.27. The number of hydrogen-bond acceptors (Lipinski definition) is 4. The summed E-state index contributed by atoms with van der Waals surface area (Å²) in [5, 5.41) is 28.5. The van der Waals surface area contributed by atoms with Crippen LogP contribution in [0.1, 0.15) is 41.6 Å². The molecule has 0 saturated heterocycles. The normalized spacial score (nSPS) is 25.7. The van der Waals surface area contributed by atoms with Gasteiger partial charge in [-0.3, -0.25) is 0 Å². The maximum atomic E-state index is 14.2. The molecule has 1 aliphatic heterocycles. The highest BCUT2D eigenvalue weighted by Crippen LogP contribution is 2.59. The van der Waals surface area contributed by atoms with Gasteiger partial charge in [0.15, 0.2) is 0 Å². The Morgan fingerprint density at radius 2 is 1.85 bits per heavy atom. The molecule has 1 fully saturated rings. The number of alkyl halides is 2. The topological polar surface area (TPSA) is 73.5 Å². The molecule has 2 aromatic rings. The lowest BCUT2D eigenvalue weighted by atomic mass is 9.79. The van der Waals surface area contributed by atoms with Gasteiger partial charge in [-0.25, -0.2) is 8.78 Å². The second kappa shape index (κ2) is 5.87. The molecule has 1 aliphatic carbocycles. The van der Waals surface area contributed by atoms with Gasteiger partial charge in [0.2, 0.25) is 5.92 Å². The Labute approximate surface area is 149 Å². The number of ether oxygens (including phenoxy) is 1. The Morgan fingerprint density at radius 1 is 1.12 bits per heavy atom. The molecule has 26 heavy (non-hydrogen) atoms. The lowest BCUT2D eigenvalue weighted by molar-refractivity contribution is -0.00235. The quantitative estimate of drug-likeness (QED) is 0.834. The lowest BCUT2D eigenvalue weighted by Gasteiger charge is -2.37. The van der Waals surface area contributed by atoms with E-state index in [9.17, 15) is 19.0 Å². The van der Waals surface area contributed by atoms with Crippen molar-refractivity contribution in [1.82, 2.24) is 0 Å². The van der Waals surface area contributed by atoms with Crippen molar-refractivity contribution in [2.45, 2.75) is 37.2 Å². The van der Waals surface area contributed by atoms with Crippen molar-refractivity contribution in [1.29, 1.82) is 5.26 Å². The summed E-state index contributed by atoms with van der Waals surface area (Å²) in [5.41, 5.74) is 1.75. The van der Waals surface area contributed by atoms with Crippen molar-refractivity contribution in [2.75, 3.05) is 0 Å². The first-order valence-electron chi connectivity index (χ1n) is 8.44. The summed E-state index contributed by atoms with van der Waals surface area (Å²) >= 11 is 0. The van der Waals surface area contributed by atoms with Crippen LogP contribution in [0.3, 0.4) is 0 Å². The molecule has 1 saturated carbocycles. The van der Waals surface area contributed by atoms with E-state index in [1.165, 1.54) is 24.3 Å². The van der Waals surface area contributed by atoms with Crippen molar-refractivity contribution in [3.05, 3.63) is 53.1 Å². The highest BCUT2D eigenvalue weighted by Gasteiger charge is 2.53. The van der Waals surface area contributed by atoms with Crippen LogP contribution in [-0.2, 0) is 6.42 Å². The average Bonchev–Trinajstić information content (AvgIpc) is 2.91. The molecule has 6 heteroatoms. The van der Waals surface area contributed by atoms with Crippen LogP contribution in [0.25, 0.3) is 0 Å². The predicted molar refractivity (Wildman–Crippen MR) is 89.3 cm³/mol. The third-order valence-corrected chi connectivity index (χ3v) is 5.27. The number of fused-ring (bicyclic) bond motifs is 3. The first-order chi connectivity index (χ1) is 12.4. The molecule has 3 atom stereocenters. The minimum atomic E-state index is -2.81. The van der Waals surface area contributed by atoms with E-state index in [1.807, 2.05) is 6.07 Å². The number of aromatic hydroxyl groups is 2. The molecule has 4 nitrogen and oxygen atoms in total. The number of halogens is 2. The Balaban J connectivity index is 1.85. The zero-order valence-corrected chi connectivity index (χ0v) is 13.8. The Morgan fingerprint density at radius 3 is 2.54 bits per heavy atom. The van der Waals surface area contributed by atoms with E-state index in [4.69, 9.17) is 10.00 Å². The molecule has 0 amide bonds. The van der Waals surface area contributed by atoms with Crippen molar-refractivity contribution < 1.29 is 23.7 Å². The molecule has 1 heterocycles. The van der Waals surface area contributed by atoms with E-state index in [0.29, 0.717) is 22.4 Å². The van der Waals surface area contributed by atoms with Crippen molar-refractivity contribution in [3.63, 3.8) is 0 Å². The van der Waals surface area contributed by atoms with E-state index in [1.54, 1.807) is 12.1 Å². The Bertz CT molecular complexity index is 889. The van der Waals surface area contributed by atoms with Crippen LogP contribution in [0, 0.1) is 17.2 Å². The monoisotopic (exact) mass is 357 g/mol. The number of benzene rings is 2. The van der Waals surface area contributed by atoms with Crippen molar-refractivity contribution in [2.24, 2.45) is 5.92 Å². The third-order valence-electron chi connectivity index (χ3n) is 5.27. The fourth-order valence-corrected chi connectivity index (χ4v) is 4.23. The molecule has 2 N–H and O–H groups in total. The summed E-state index contributed by atoms with van der Waals surface area (Å²) in [7, 11) is 0. The van der Waals surface area contributed by atoms with E-state index < -0.39 is 23.9 Å². The fraction of sp³-hybridized carbons (Fsp3) is 0.350. The number of nitrogens with zero attached hydrogens (tertiary/aromatic N) is 1. The average molecular weight is 357 g/mol. The minimum absolute atomic E-state index is 0.0206. The summed E-state index contributed by atoms with van der Waals surface area (Å²) in [6.45, 7) is 0. The number of phenols is 2. The van der Waals surface area contributed by atoms with Crippen LogP contribution in [0.4, 0.5) is 8.78 Å². The maximum Gasteiger partial charge on any atom is 0.249 e. The second-order valence-corrected chi connectivity index (χ2v) is 7.02. The predicted octanol–water partition coefficient (Wildman–Crippen LogP) is 4.43. The van der Waals surface area contributed by atoms with Gasteiger partial charge in [0.05, 0.1) is 12.5 Å². The summed E-state index contributed by atoms with van der Waals surface area (Å²) in [6.07, 6.45) is -1.18. The number of phenolic OH excluding ortho intramolecular Hbond substituents is 2. The number of hydrogen-bond donors (Lipinski definition) is 2. The number of nitriles is 1. The van der Waals surface area contributed by atoms with Gasteiger partial charge >= 0.3 is 0 Å². The molecule has 0 unspecified atom stereocenters. The molecule has 0 aromatic heterocycles. The van der Waals surface area contributed by atoms with Crippen LogP contribution in [0.2, 0.25) is 0 Å². The van der Waals surface area contributed by atoms with Gasteiger partial charge in [0, 0.05) is 35.8 Å². The second-order valence-electron chi connectivity index (χ2n) is 7.02. The van der Waals surface area contributed by atoms with Gasteiger partial charge in [-0.05, 0) is 29.8 Å². The Kier molecular flexibility index (Phi) is 3.76. The van der Waals surface area contributed by atoms with Crippen LogP contribution in [0.15, 0.2) is 36.4 Å². The molecular weight excluding hydrogens is 340 g/mol.